The fourth-order valence-electron chi connectivity index (χ4n) is 3.32. The Morgan fingerprint density at radius 1 is 1.19 bits per heavy atom. The van der Waals surface area contributed by atoms with Gasteiger partial charge in [-0.25, -0.2) is 0 Å². The molecule has 0 amide bonds. The molecule has 1 aliphatic heterocycles. The van der Waals surface area contributed by atoms with Crippen LogP contribution in [0, 0.1) is 0 Å². The third-order valence-electron chi connectivity index (χ3n) is 4.55. The molecule has 0 radical (unpaired) electrons. The quantitative estimate of drug-likeness (QED) is 0.651. The normalized spacial score (nSPS) is 18.5. The zero-order chi connectivity index (χ0) is 18.6. The van der Waals surface area contributed by atoms with Gasteiger partial charge in [0.1, 0.15) is 17.1 Å². The summed E-state index contributed by atoms with van der Waals surface area (Å²) in [5, 5.41) is 6.93. The van der Waals surface area contributed by atoms with Gasteiger partial charge in [-0.3, -0.25) is 4.99 Å². The molecule has 1 aliphatic rings. The third-order valence-corrected chi connectivity index (χ3v) is 4.55. The maximum atomic E-state index is 6.11. The van der Waals surface area contributed by atoms with Crippen LogP contribution < -0.4 is 20.1 Å². The summed E-state index contributed by atoms with van der Waals surface area (Å²) in [6.07, 6.45) is 0.860. The van der Waals surface area contributed by atoms with E-state index in [1.54, 1.807) is 14.2 Å². The van der Waals surface area contributed by atoms with Gasteiger partial charge in [0.2, 0.25) is 0 Å². The molecule has 5 heteroatoms. The molecule has 0 saturated heterocycles. The number of benzene rings is 2. The monoisotopic (exact) mass is 353 g/mol. The average molecular weight is 353 g/mol. The van der Waals surface area contributed by atoms with Crippen molar-refractivity contribution in [3.8, 4) is 11.5 Å². The van der Waals surface area contributed by atoms with E-state index in [1.807, 2.05) is 42.5 Å². The number of nitrogens with one attached hydrogen (secondary N) is 2. The number of nitrogens with zero attached hydrogens (tertiary/aromatic N) is 1. The Morgan fingerprint density at radius 2 is 1.92 bits per heavy atom. The van der Waals surface area contributed by atoms with Crippen molar-refractivity contribution >= 4 is 5.96 Å². The van der Waals surface area contributed by atoms with Gasteiger partial charge in [0.15, 0.2) is 5.96 Å². The number of para-hydroxylation sites is 2. The van der Waals surface area contributed by atoms with E-state index >= 15 is 0 Å². The van der Waals surface area contributed by atoms with Crippen LogP contribution >= 0.6 is 0 Å². The second kappa shape index (κ2) is 7.68. The lowest BCUT2D eigenvalue weighted by Gasteiger charge is -2.38. The van der Waals surface area contributed by atoms with Crippen molar-refractivity contribution in [2.45, 2.75) is 38.5 Å². The summed E-state index contributed by atoms with van der Waals surface area (Å²) in [7, 11) is 3.47. The standard InChI is InChI=1S/C21H27N3O2/c1-21(2)13-17(16-10-6-8-12-19(16)26-21)24-20(22-3)23-14-15-9-5-7-11-18(15)25-4/h5-12,17H,13-14H2,1-4H3,(H2,22,23,24). The van der Waals surface area contributed by atoms with Crippen LogP contribution in [-0.2, 0) is 6.54 Å². The molecule has 3 rings (SSSR count). The second-order valence-electron chi connectivity index (χ2n) is 7.04. The number of rotatable bonds is 4. The van der Waals surface area contributed by atoms with E-state index in [0.29, 0.717) is 6.54 Å². The van der Waals surface area contributed by atoms with Crippen molar-refractivity contribution < 1.29 is 9.47 Å². The van der Waals surface area contributed by atoms with Gasteiger partial charge in [-0.1, -0.05) is 36.4 Å². The van der Waals surface area contributed by atoms with Crippen LogP contribution in [0.2, 0.25) is 0 Å². The molecular formula is C21H27N3O2. The number of hydrogen-bond acceptors (Lipinski definition) is 3. The highest BCUT2D eigenvalue weighted by molar-refractivity contribution is 5.80. The SMILES string of the molecule is CN=C(NCc1ccccc1OC)NC1CC(C)(C)Oc2ccccc21. The number of methoxy groups -OCH3 is 1. The van der Waals surface area contributed by atoms with E-state index in [4.69, 9.17) is 9.47 Å². The van der Waals surface area contributed by atoms with Gasteiger partial charge in [0.05, 0.1) is 13.2 Å². The molecule has 0 fully saturated rings. The molecule has 0 saturated carbocycles. The lowest BCUT2D eigenvalue weighted by Crippen LogP contribution is -2.45. The minimum Gasteiger partial charge on any atom is -0.496 e. The van der Waals surface area contributed by atoms with Crippen LogP contribution in [0.3, 0.4) is 0 Å². The molecule has 1 atom stereocenters. The van der Waals surface area contributed by atoms with Crippen LogP contribution in [-0.4, -0.2) is 25.7 Å². The van der Waals surface area contributed by atoms with Crippen molar-refractivity contribution in [3.63, 3.8) is 0 Å². The molecule has 2 aromatic rings. The van der Waals surface area contributed by atoms with Crippen molar-refractivity contribution in [1.29, 1.82) is 0 Å². The van der Waals surface area contributed by atoms with Gasteiger partial charge in [-0.2, -0.15) is 0 Å². The van der Waals surface area contributed by atoms with Gasteiger partial charge in [-0.15, -0.1) is 0 Å². The van der Waals surface area contributed by atoms with E-state index in [9.17, 15) is 0 Å². The molecule has 0 bridgehead atoms. The van der Waals surface area contributed by atoms with Crippen molar-refractivity contribution in [2.75, 3.05) is 14.2 Å². The minimum atomic E-state index is -0.229. The molecule has 26 heavy (non-hydrogen) atoms. The number of hydrogen-bond donors (Lipinski definition) is 2. The maximum absolute atomic E-state index is 6.11. The molecule has 0 spiro atoms. The minimum absolute atomic E-state index is 0.138. The molecular weight excluding hydrogens is 326 g/mol. The lowest BCUT2D eigenvalue weighted by atomic mass is 9.90. The van der Waals surface area contributed by atoms with E-state index in [1.165, 1.54) is 0 Å². The Labute approximate surface area is 155 Å². The summed E-state index contributed by atoms with van der Waals surface area (Å²) in [5.74, 6) is 2.56. The fraction of sp³-hybridized carbons (Fsp3) is 0.381. The Hall–Kier alpha value is -2.69. The summed E-state index contributed by atoms with van der Waals surface area (Å²) >= 11 is 0. The molecule has 1 unspecified atom stereocenters. The maximum Gasteiger partial charge on any atom is 0.191 e. The first-order chi connectivity index (χ1) is 12.5. The molecule has 2 aromatic carbocycles. The molecule has 1 heterocycles. The molecule has 138 valence electrons. The van der Waals surface area contributed by atoms with E-state index in [0.717, 1.165) is 35.0 Å². The Morgan fingerprint density at radius 3 is 2.69 bits per heavy atom. The van der Waals surface area contributed by atoms with Gasteiger partial charge in [-0.05, 0) is 26.0 Å². The summed E-state index contributed by atoms with van der Waals surface area (Å²) in [6.45, 7) is 4.86. The van der Waals surface area contributed by atoms with Crippen LogP contribution in [0.25, 0.3) is 0 Å². The van der Waals surface area contributed by atoms with Crippen LogP contribution in [0.4, 0.5) is 0 Å². The van der Waals surface area contributed by atoms with Crippen molar-refractivity contribution in [3.05, 3.63) is 59.7 Å². The highest BCUT2D eigenvalue weighted by Crippen LogP contribution is 2.39. The molecule has 0 aromatic heterocycles. The Balaban J connectivity index is 1.72. The first-order valence-corrected chi connectivity index (χ1v) is 8.89. The number of guanidine groups is 1. The highest BCUT2D eigenvalue weighted by atomic mass is 16.5. The Bertz CT molecular complexity index is 786. The molecule has 5 nitrogen and oxygen atoms in total. The first-order valence-electron chi connectivity index (χ1n) is 8.89. The van der Waals surface area contributed by atoms with Gasteiger partial charge >= 0.3 is 0 Å². The predicted octanol–water partition coefficient (Wildman–Crippen LogP) is 3.66. The largest absolute Gasteiger partial charge is 0.496 e. The summed E-state index contributed by atoms with van der Waals surface area (Å²) < 4.78 is 11.5. The molecule has 2 N–H and O–H groups in total. The lowest BCUT2D eigenvalue weighted by molar-refractivity contribution is 0.0694. The smallest absolute Gasteiger partial charge is 0.191 e. The summed E-state index contributed by atoms with van der Waals surface area (Å²) in [5.41, 5.74) is 2.02. The predicted molar refractivity (Wildman–Crippen MR) is 105 cm³/mol. The van der Waals surface area contributed by atoms with Crippen molar-refractivity contribution in [2.24, 2.45) is 4.99 Å². The first kappa shape index (κ1) is 18.1. The average Bonchev–Trinajstić information content (AvgIpc) is 2.64. The van der Waals surface area contributed by atoms with E-state index in [2.05, 4.69) is 35.5 Å². The zero-order valence-electron chi connectivity index (χ0n) is 15.9. The van der Waals surface area contributed by atoms with Gasteiger partial charge in [0.25, 0.3) is 0 Å². The number of aliphatic imine (C=N–C) groups is 1. The second-order valence-corrected chi connectivity index (χ2v) is 7.04. The zero-order valence-corrected chi connectivity index (χ0v) is 15.9. The number of fused-ring (bicyclic) bond motifs is 1. The van der Waals surface area contributed by atoms with Gasteiger partial charge < -0.3 is 20.1 Å². The summed E-state index contributed by atoms with van der Waals surface area (Å²) in [6, 6.07) is 16.3. The van der Waals surface area contributed by atoms with Gasteiger partial charge in [0, 0.05) is 31.1 Å². The van der Waals surface area contributed by atoms with Crippen LogP contribution in [0.1, 0.15) is 37.4 Å². The van der Waals surface area contributed by atoms with E-state index < -0.39 is 0 Å². The fourth-order valence-corrected chi connectivity index (χ4v) is 3.32. The summed E-state index contributed by atoms with van der Waals surface area (Å²) in [4.78, 5) is 4.39. The van der Waals surface area contributed by atoms with Crippen LogP contribution in [0.5, 0.6) is 11.5 Å². The Kier molecular flexibility index (Phi) is 5.35. The third kappa shape index (κ3) is 4.10. The highest BCUT2D eigenvalue weighted by Gasteiger charge is 2.33. The van der Waals surface area contributed by atoms with Crippen LogP contribution in [0.15, 0.2) is 53.5 Å². The van der Waals surface area contributed by atoms with Crippen molar-refractivity contribution in [1.82, 2.24) is 10.6 Å². The molecule has 0 aliphatic carbocycles. The van der Waals surface area contributed by atoms with E-state index in [-0.39, 0.29) is 11.6 Å². The topological polar surface area (TPSA) is 54.9 Å². The number of ether oxygens (including phenoxy) is 2.